The number of carboxylic acids is 1. The molecule has 0 bridgehead atoms. The number of aliphatic carboxylic acids is 1. The summed E-state index contributed by atoms with van der Waals surface area (Å²) in [6, 6.07) is 10.1. The van der Waals surface area contributed by atoms with Crippen LogP contribution in [0.4, 0.5) is 0 Å². The molecule has 0 spiro atoms. The molecule has 1 N–H and O–H groups in total. The Morgan fingerprint density at radius 1 is 1.29 bits per heavy atom. The van der Waals surface area contributed by atoms with Gasteiger partial charge >= 0.3 is 5.97 Å². The Morgan fingerprint density at radius 3 is 3.00 bits per heavy atom. The van der Waals surface area contributed by atoms with Crippen molar-refractivity contribution in [2.45, 2.75) is 38.1 Å². The second-order valence-electron chi connectivity index (χ2n) is 6.38. The van der Waals surface area contributed by atoms with Crippen molar-refractivity contribution in [3.8, 4) is 0 Å². The third-order valence-corrected chi connectivity index (χ3v) is 4.48. The number of likely N-dealkylation sites (tertiary alicyclic amines) is 1. The fourth-order valence-electron chi connectivity index (χ4n) is 3.29. The summed E-state index contributed by atoms with van der Waals surface area (Å²) in [6.45, 7) is 3.01. The Balaban J connectivity index is 1.64. The molecule has 126 valence electrons. The van der Waals surface area contributed by atoms with Gasteiger partial charge in [-0.1, -0.05) is 12.1 Å². The first-order valence-electron chi connectivity index (χ1n) is 8.49. The highest BCUT2D eigenvalue weighted by molar-refractivity contribution is 5.66. The summed E-state index contributed by atoms with van der Waals surface area (Å²) in [5.74, 6) is -0.359. The lowest BCUT2D eigenvalue weighted by atomic mass is 9.93. The molecule has 1 fully saturated rings. The predicted octanol–water partition coefficient (Wildman–Crippen LogP) is 2.87. The average molecular weight is 325 g/mol. The lowest BCUT2D eigenvalue weighted by Crippen LogP contribution is -2.34. The van der Waals surface area contributed by atoms with Gasteiger partial charge in [-0.3, -0.25) is 19.7 Å². The minimum Gasteiger partial charge on any atom is -0.481 e. The summed E-state index contributed by atoms with van der Waals surface area (Å²) in [5, 5.41) is 8.83. The van der Waals surface area contributed by atoms with E-state index in [1.807, 2.05) is 24.4 Å². The van der Waals surface area contributed by atoms with Crippen LogP contribution in [0.5, 0.6) is 0 Å². The number of piperidine rings is 1. The standard InChI is InChI=1S/C19H23N3O2/c23-19(24)9-8-17-6-1-7-18(21-17)16-5-3-11-22(14-16)13-15-4-2-10-20-12-15/h1-2,4,6-7,10,12,16H,3,5,8-9,11,13-14H2,(H,23,24). The van der Waals surface area contributed by atoms with Gasteiger partial charge in [0.05, 0.1) is 6.42 Å². The first-order chi connectivity index (χ1) is 11.7. The fourth-order valence-corrected chi connectivity index (χ4v) is 3.29. The van der Waals surface area contributed by atoms with Gasteiger partial charge in [0.1, 0.15) is 0 Å². The van der Waals surface area contributed by atoms with E-state index in [1.54, 1.807) is 6.20 Å². The van der Waals surface area contributed by atoms with Gasteiger partial charge in [0.2, 0.25) is 0 Å². The van der Waals surface area contributed by atoms with Gasteiger partial charge in [0.25, 0.3) is 0 Å². The van der Waals surface area contributed by atoms with Crippen LogP contribution in [0, 0.1) is 0 Å². The van der Waals surface area contributed by atoms with E-state index in [4.69, 9.17) is 10.1 Å². The van der Waals surface area contributed by atoms with Crippen LogP contribution in [0.25, 0.3) is 0 Å². The van der Waals surface area contributed by atoms with Crippen molar-refractivity contribution in [1.82, 2.24) is 14.9 Å². The van der Waals surface area contributed by atoms with Crippen molar-refractivity contribution in [2.75, 3.05) is 13.1 Å². The second kappa shape index (κ2) is 8.02. The number of hydrogen-bond donors (Lipinski definition) is 1. The number of nitrogens with zero attached hydrogens (tertiary/aromatic N) is 3. The molecule has 0 saturated carbocycles. The molecule has 24 heavy (non-hydrogen) atoms. The van der Waals surface area contributed by atoms with Crippen molar-refractivity contribution in [3.63, 3.8) is 0 Å². The van der Waals surface area contributed by atoms with Crippen LogP contribution in [0.2, 0.25) is 0 Å². The van der Waals surface area contributed by atoms with Crippen molar-refractivity contribution in [2.24, 2.45) is 0 Å². The third kappa shape index (κ3) is 4.61. The van der Waals surface area contributed by atoms with Crippen molar-refractivity contribution < 1.29 is 9.90 Å². The van der Waals surface area contributed by atoms with Crippen molar-refractivity contribution >= 4 is 5.97 Å². The molecule has 0 aromatic carbocycles. The van der Waals surface area contributed by atoms with E-state index in [-0.39, 0.29) is 6.42 Å². The topological polar surface area (TPSA) is 66.3 Å². The summed E-state index contributed by atoms with van der Waals surface area (Å²) in [5.41, 5.74) is 3.20. The fraction of sp³-hybridized carbons (Fsp3) is 0.421. The number of carboxylic acid groups (broad SMARTS) is 1. The second-order valence-corrected chi connectivity index (χ2v) is 6.38. The number of aromatic nitrogens is 2. The van der Waals surface area contributed by atoms with E-state index in [2.05, 4.69) is 22.0 Å². The van der Waals surface area contributed by atoms with Gasteiger partial charge < -0.3 is 5.11 Å². The van der Waals surface area contributed by atoms with Crippen LogP contribution in [0.1, 0.15) is 42.1 Å². The Hall–Kier alpha value is -2.27. The van der Waals surface area contributed by atoms with Gasteiger partial charge in [-0.25, -0.2) is 0 Å². The molecule has 5 heteroatoms. The molecular weight excluding hydrogens is 302 g/mol. The Bertz CT molecular complexity index is 675. The highest BCUT2D eigenvalue weighted by atomic mass is 16.4. The van der Waals surface area contributed by atoms with E-state index >= 15 is 0 Å². The lowest BCUT2D eigenvalue weighted by molar-refractivity contribution is -0.136. The molecule has 2 aromatic rings. The molecule has 1 aliphatic heterocycles. The van der Waals surface area contributed by atoms with E-state index in [1.165, 1.54) is 5.56 Å². The summed E-state index contributed by atoms with van der Waals surface area (Å²) < 4.78 is 0. The highest BCUT2D eigenvalue weighted by Crippen LogP contribution is 2.26. The molecule has 3 rings (SSSR count). The summed E-state index contributed by atoms with van der Waals surface area (Å²) in [4.78, 5) is 22.1. The first kappa shape index (κ1) is 16.6. The van der Waals surface area contributed by atoms with Gasteiger partial charge in [0.15, 0.2) is 0 Å². The molecule has 0 aliphatic carbocycles. The molecule has 5 nitrogen and oxygen atoms in total. The van der Waals surface area contributed by atoms with Crippen LogP contribution in [0.3, 0.4) is 0 Å². The zero-order chi connectivity index (χ0) is 16.8. The molecule has 0 amide bonds. The Labute approximate surface area is 142 Å². The largest absolute Gasteiger partial charge is 0.481 e. The summed E-state index contributed by atoms with van der Waals surface area (Å²) in [6.07, 6.45) is 6.65. The van der Waals surface area contributed by atoms with Gasteiger partial charge in [-0.2, -0.15) is 0 Å². The van der Waals surface area contributed by atoms with Gasteiger partial charge in [-0.05, 0) is 43.1 Å². The SMILES string of the molecule is O=C(O)CCc1cccc(C2CCCN(Cc3cccnc3)C2)n1. The molecule has 0 radical (unpaired) electrons. The van der Waals surface area contributed by atoms with Crippen LogP contribution in [-0.4, -0.2) is 39.0 Å². The lowest BCUT2D eigenvalue weighted by Gasteiger charge is -2.32. The van der Waals surface area contributed by atoms with Gasteiger partial charge in [-0.15, -0.1) is 0 Å². The van der Waals surface area contributed by atoms with Crippen LogP contribution in [-0.2, 0) is 17.8 Å². The predicted molar refractivity (Wildman–Crippen MR) is 91.7 cm³/mol. The normalized spacial score (nSPS) is 18.4. The smallest absolute Gasteiger partial charge is 0.303 e. The maximum atomic E-state index is 10.7. The molecule has 3 heterocycles. The Morgan fingerprint density at radius 2 is 2.21 bits per heavy atom. The molecule has 1 aliphatic rings. The molecule has 1 atom stereocenters. The average Bonchev–Trinajstić information content (AvgIpc) is 2.61. The third-order valence-electron chi connectivity index (χ3n) is 4.48. The summed E-state index contributed by atoms with van der Waals surface area (Å²) >= 11 is 0. The summed E-state index contributed by atoms with van der Waals surface area (Å²) in [7, 11) is 0. The monoisotopic (exact) mass is 325 g/mol. The number of pyridine rings is 2. The maximum absolute atomic E-state index is 10.7. The van der Waals surface area contributed by atoms with Crippen LogP contribution < -0.4 is 0 Å². The number of carbonyl (C=O) groups is 1. The minimum atomic E-state index is -0.775. The number of hydrogen-bond acceptors (Lipinski definition) is 4. The van der Waals surface area contributed by atoms with E-state index in [0.717, 1.165) is 43.9 Å². The van der Waals surface area contributed by atoms with E-state index in [0.29, 0.717) is 12.3 Å². The van der Waals surface area contributed by atoms with Crippen molar-refractivity contribution in [1.29, 1.82) is 0 Å². The molecule has 2 aromatic heterocycles. The zero-order valence-electron chi connectivity index (χ0n) is 13.8. The number of aryl methyl sites for hydroxylation is 1. The molecule has 1 saturated heterocycles. The van der Waals surface area contributed by atoms with Crippen molar-refractivity contribution in [3.05, 3.63) is 59.7 Å². The quantitative estimate of drug-likeness (QED) is 0.884. The van der Waals surface area contributed by atoms with Crippen LogP contribution in [0.15, 0.2) is 42.7 Å². The first-order valence-corrected chi connectivity index (χ1v) is 8.49. The zero-order valence-corrected chi connectivity index (χ0v) is 13.8. The molecular formula is C19H23N3O2. The molecule has 1 unspecified atom stereocenters. The highest BCUT2D eigenvalue weighted by Gasteiger charge is 2.22. The Kier molecular flexibility index (Phi) is 5.54. The number of rotatable bonds is 6. The van der Waals surface area contributed by atoms with E-state index in [9.17, 15) is 4.79 Å². The van der Waals surface area contributed by atoms with Gasteiger partial charge in [0, 0.05) is 49.2 Å². The maximum Gasteiger partial charge on any atom is 0.303 e. The van der Waals surface area contributed by atoms with Crippen LogP contribution >= 0.6 is 0 Å². The van der Waals surface area contributed by atoms with E-state index < -0.39 is 5.97 Å². The minimum absolute atomic E-state index is 0.133.